The minimum atomic E-state index is -1.04. The van der Waals surface area contributed by atoms with Gasteiger partial charge in [-0.2, -0.15) is 0 Å². The molecule has 3 amide bonds. The number of hydrogen-bond donors (Lipinski definition) is 2. The Labute approximate surface area is 202 Å². The van der Waals surface area contributed by atoms with Gasteiger partial charge in [0.1, 0.15) is 11.9 Å². The summed E-state index contributed by atoms with van der Waals surface area (Å²) in [7, 11) is 0. The Kier molecular flexibility index (Phi) is 8.48. The van der Waals surface area contributed by atoms with Gasteiger partial charge in [-0.1, -0.05) is 24.3 Å². The zero-order valence-electron chi connectivity index (χ0n) is 19.2. The SMILES string of the molecule is Cc1cccc(N(C(=O)CCC(=O)Nc2nccs2)C(C(=O)NC(C)C)c2ccc(F)cc2)c1. The number of aromatic nitrogens is 1. The van der Waals surface area contributed by atoms with E-state index in [0.717, 1.165) is 5.56 Å². The summed E-state index contributed by atoms with van der Waals surface area (Å²) in [4.78, 5) is 44.6. The van der Waals surface area contributed by atoms with E-state index in [9.17, 15) is 18.8 Å². The van der Waals surface area contributed by atoms with Crippen molar-refractivity contribution in [3.63, 3.8) is 0 Å². The summed E-state index contributed by atoms with van der Waals surface area (Å²) in [5.41, 5.74) is 1.87. The van der Waals surface area contributed by atoms with Crippen LogP contribution in [0.3, 0.4) is 0 Å². The average Bonchev–Trinajstić information content (AvgIpc) is 3.29. The molecule has 1 aromatic heterocycles. The molecule has 178 valence electrons. The first kappa shape index (κ1) is 25.0. The van der Waals surface area contributed by atoms with Crippen molar-refractivity contribution < 1.29 is 18.8 Å². The molecule has 3 rings (SSSR count). The first-order chi connectivity index (χ1) is 16.2. The van der Waals surface area contributed by atoms with E-state index < -0.39 is 23.7 Å². The molecule has 0 bridgehead atoms. The number of rotatable bonds is 9. The standard InChI is InChI=1S/C25H27FN4O3S/c1-16(2)28-24(33)23(18-7-9-19(26)10-8-18)30(20-6-4-5-17(3)15-20)22(32)12-11-21(31)29-25-27-13-14-34-25/h4-10,13-16,23H,11-12H2,1-3H3,(H,28,33)(H,27,29,31). The third-order valence-electron chi connectivity index (χ3n) is 4.92. The summed E-state index contributed by atoms with van der Waals surface area (Å²) in [6, 6.07) is 11.5. The van der Waals surface area contributed by atoms with Crippen molar-refractivity contribution in [1.82, 2.24) is 10.3 Å². The second-order valence-corrected chi connectivity index (χ2v) is 9.00. The lowest BCUT2D eigenvalue weighted by molar-refractivity contribution is -0.127. The smallest absolute Gasteiger partial charge is 0.248 e. The molecule has 0 saturated heterocycles. The van der Waals surface area contributed by atoms with Crippen LogP contribution in [-0.4, -0.2) is 28.7 Å². The highest BCUT2D eigenvalue weighted by Gasteiger charge is 2.33. The van der Waals surface area contributed by atoms with Crippen LogP contribution >= 0.6 is 11.3 Å². The molecule has 1 atom stereocenters. The van der Waals surface area contributed by atoms with Crippen molar-refractivity contribution in [2.45, 2.75) is 45.7 Å². The molecule has 7 nitrogen and oxygen atoms in total. The molecule has 0 radical (unpaired) electrons. The first-order valence-electron chi connectivity index (χ1n) is 10.9. The Morgan fingerprint density at radius 2 is 1.82 bits per heavy atom. The largest absolute Gasteiger partial charge is 0.352 e. The van der Waals surface area contributed by atoms with Gasteiger partial charge >= 0.3 is 0 Å². The van der Waals surface area contributed by atoms with Crippen molar-refractivity contribution in [3.8, 4) is 0 Å². The van der Waals surface area contributed by atoms with Gasteiger partial charge in [0.25, 0.3) is 0 Å². The van der Waals surface area contributed by atoms with Gasteiger partial charge in [-0.3, -0.25) is 19.3 Å². The first-order valence-corrected chi connectivity index (χ1v) is 11.8. The molecule has 0 aliphatic rings. The number of carbonyl (C=O) groups excluding carboxylic acids is 3. The van der Waals surface area contributed by atoms with E-state index in [2.05, 4.69) is 15.6 Å². The van der Waals surface area contributed by atoms with Crippen molar-refractivity contribution >= 4 is 39.9 Å². The molecule has 0 fully saturated rings. The third kappa shape index (κ3) is 6.71. The quantitative estimate of drug-likeness (QED) is 0.466. The summed E-state index contributed by atoms with van der Waals surface area (Å²) in [6.07, 6.45) is 1.37. The van der Waals surface area contributed by atoms with Crippen LogP contribution < -0.4 is 15.5 Å². The van der Waals surface area contributed by atoms with E-state index in [0.29, 0.717) is 16.4 Å². The summed E-state index contributed by atoms with van der Waals surface area (Å²) >= 11 is 1.28. The van der Waals surface area contributed by atoms with Crippen LogP contribution in [-0.2, 0) is 14.4 Å². The van der Waals surface area contributed by atoms with Crippen LogP contribution in [0.2, 0.25) is 0 Å². The third-order valence-corrected chi connectivity index (χ3v) is 5.60. The van der Waals surface area contributed by atoms with Gasteiger partial charge in [-0.25, -0.2) is 9.37 Å². The maximum atomic E-state index is 13.6. The summed E-state index contributed by atoms with van der Waals surface area (Å²) in [5, 5.41) is 7.70. The summed E-state index contributed by atoms with van der Waals surface area (Å²) in [6.45, 7) is 5.53. The van der Waals surface area contributed by atoms with E-state index >= 15 is 0 Å². The average molecular weight is 483 g/mol. The fourth-order valence-corrected chi connectivity index (χ4v) is 3.99. The molecule has 2 aromatic carbocycles. The Morgan fingerprint density at radius 3 is 2.44 bits per heavy atom. The molecular formula is C25H27FN4O3S. The number of anilines is 2. The Morgan fingerprint density at radius 1 is 1.09 bits per heavy atom. The van der Waals surface area contributed by atoms with Crippen LogP contribution in [0.15, 0.2) is 60.1 Å². The summed E-state index contributed by atoms with van der Waals surface area (Å²) < 4.78 is 13.6. The van der Waals surface area contributed by atoms with Gasteiger partial charge in [0, 0.05) is 36.1 Å². The van der Waals surface area contributed by atoms with E-state index in [1.807, 2.05) is 26.8 Å². The number of thiazole rings is 1. The van der Waals surface area contributed by atoms with Crippen LogP contribution in [0, 0.1) is 12.7 Å². The molecular weight excluding hydrogens is 455 g/mol. The molecule has 0 aliphatic carbocycles. The van der Waals surface area contributed by atoms with Crippen LogP contribution in [0.4, 0.5) is 15.2 Å². The Bertz CT molecular complexity index is 1130. The van der Waals surface area contributed by atoms with Gasteiger partial charge in [0.15, 0.2) is 5.13 Å². The molecule has 3 aromatic rings. The highest BCUT2D eigenvalue weighted by molar-refractivity contribution is 7.13. The predicted molar refractivity (Wildman–Crippen MR) is 131 cm³/mol. The number of benzene rings is 2. The van der Waals surface area contributed by atoms with Gasteiger partial charge in [-0.15, -0.1) is 11.3 Å². The molecule has 2 N–H and O–H groups in total. The number of nitrogens with zero attached hydrogens (tertiary/aromatic N) is 2. The zero-order valence-corrected chi connectivity index (χ0v) is 20.1. The summed E-state index contributed by atoms with van der Waals surface area (Å²) in [5.74, 6) is -1.60. The van der Waals surface area contributed by atoms with Gasteiger partial charge in [0.05, 0.1) is 0 Å². The maximum absolute atomic E-state index is 13.6. The maximum Gasteiger partial charge on any atom is 0.248 e. The minimum absolute atomic E-state index is 0.0807. The molecule has 34 heavy (non-hydrogen) atoms. The van der Waals surface area contributed by atoms with Gasteiger partial charge in [-0.05, 0) is 56.2 Å². The highest BCUT2D eigenvalue weighted by atomic mass is 32.1. The van der Waals surface area contributed by atoms with E-state index in [1.54, 1.807) is 29.8 Å². The fourth-order valence-electron chi connectivity index (χ4n) is 3.45. The lowest BCUT2D eigenvalue weighted by atomic mass is 10.0. The van der Waals surface area contributed by atoms with Crippen molar-refractivity contribution in [2.75, 3.05) is 10.2 Å². The predicted octanol–water partition coefficient (Wildman–Crippen LogP) is 4.61. The number of halogens is 1. The molecule has 0 spiro atoms. The van der Waals surface area contributed by atoms with E-state index in [-0.39, 0.29) is 24.8 Å². The minimum Gasteiger partial charge on any atom is -0.352 e. The number of aryl methyl sites for hydroxylation is 1. The van der Waals surface area contributed by atoms with Gasteiger partial charge < -0.3 is 10.6 Å². The van der Waals surface area contributed by atoms with Crippen molar-refractivity contribution in [3.05, 3.63) is 77.1 Å². The molecule has 1 heterocycles. The lowest BCUT2D eigenvalue weighted by Gasteiger charge is -2.32. The normalized spacial score (nSPS) is 11.7. The van der Waals surface area contributed by atoms with E-state index in [1.165, 1.54) is 40.5 Å². The van der Waals surface area contributed by atoms with E-state index in [4.69, 9.17) is 0 Å². The highest BCUT2D eigenvalue weighted by Crippen LogP contribution is 2.30. The zero-order chi connectivity index (χ0) is 24.7. The van der Waals surface area contributed by atoms with Crippen molar-refractivity contribution in [1.29, 1.82) is 0 Å². The molecule has 9 heteroatoms. The lowest BCUT2D eigenvalue weighted by Crippen LogP contribution is -2.46. The monoisotopic (exact) mass is 482 g/mol. The number of carbonyl (C=O) groups is 3. The topological polar surface area (TPSA) is 91.4 Å². The second-order valence-electron chi connectivity index (χ2n) is 8.11. The number of nitrogens with one attached hydrogen (secondary N) is 2. The Hall–Kier alpha value is -3.59. The van der Waals surface area contributed by atoms with Crippen LogP contribution in [0.25, 0.3) is 0 Å². The Balaban J connectivity index is 1.94. The second kappa shape index (κ2) is 11.5. The van der Waals surface area contributed by atoms with Crippen molar-refractivity contribution in [2.24, 2.45) is 0 Å². The van der Waals surface area contributed by atoms with Gasteiger partial charge in [0.2, 0.25) is 17.7 Å². The molecule has 1 unspecified atom stereocenters. The molecule has 0 saturated carbocycles. The number of hydrogen-bond acceptors (Lipinski definition) is 5. The number of amides is 3. The molecule has 0 aliphatic heterocycles. The van der Waals surface area contributed by atoms with Crippen LogP contribution in [0.5, 0.6) is 0 Å². The fraction of sp³-hybridized carbons (Fsp3) is 0.280. The van der Waals surface area contributed by atoms with Crippen LogP contribution in [0.1, 0.15) is 43.9 Å².